The predicted molar refractivity (Wildman–Crippen MR) is 72.6 cm³/mol. The maximum atomic E-state index is 13.7. The Morgan fingerprint density at radius 2 is 1.95 bits per heavy atom. The average Bonchev–Trinajstić information content (AvgIpc) is 2.36. The Balaban J connectivity index is 2.22. The van der Waals surface area contributed by atoms with E-state index in [1.807, 2.05) is 19.1 Å². The average molecular weight is 302 g/mol. The maximum Gasteiger partial charge on any atom is 0.142 e. The fourth-order valence-electron chi connectivity index (χ4n) is 1.69. The van der Waals surface area contributed by atoms with Crippen molar-refractivity contribution >= 4 is 23.2 Å². The fourth-order valence-corrected chi connectivity index (χ4v) is 2.17. The summed E-state index contributed by atoms with van der Waals surface area (Å²) < 4.78 is 27.0. The molecule has 100 valence electrons. The van der Waals surface area contributed by atoms with Gasteiger partial charge in [0.25, 0.3) is 0 Å². The quantitative estimate of drug-likeness (QED) is 0.584. The normalized spacial score (nSPS) is 12.5. The highest BCUT2D eigenvalue weighted by Crippen LogP contribution is 2.30. The van der Waals surface area contributed by atoms with Crippen LogP contribution in [0.25, 0.3) is 0 Å². The number of nitrogens with zero attached hydrogens (tertiary/aromatic N) is 1. The van der Waals surface area contributed by atoms with E-state index in [0.29, 0.717) is 6.42 Å². The van der Waals surface area contributed by atoms with E-state index in [-0.39, 0.29) is 10.6 Å². The molecule has 5 heteroatoms. The molecule has 1 nitrogen and oxygen atoms in total. The van der Waals surface area contributed by atoms with Gasteiger partial charge in [-0.1, -0.05) is 17.7 Å². The lowest BCUT2D eigenvalue weighted by Crippen LogP contribution is -2.02. The summed E-state index contributed by atoms with van der Waals surface area (Å²) in [7, 11) is 0. The van der Waals surface area contributed by atoms with E-state index in [1.54, 1.807) is 6.20 Å². The highest BCUT2D eigenvalue weighted by molar-refractivity contribution is 6.30. The molecule has 2 aromatic rings. The van der Waals surface area contributed by atoms with Gasteiger partial charge in [0.05, 0.1) is 10.4 Å². The molecule has 2 rings (SSSR count). The standard InChI is InChI=1S/C14H11Cl2F2N/c1-8-2-3-9(19-7-8)4-11(15)10-5-14(18)12(16)6-13(10)17/h2-3,5-7,11H,4H2,1H3. The zero-order valence-corrected chi connectivity index (χ0v) is 11.6. The number of hydrogen-bond donors (Lipinski definition) is 0. The van der Waals surface area contributed by atoms with Crippen molar-refractivity contribution in [2.24, 2.45) is 0 Å². The second kappa shape index (κ2) is 5.85. The van der Waals surface area contributed by atoms with Gasteiger partial charge in [0.15, 0.2) is 0 Å². The molecule has 0 aliphatic carbocycles. The lowest BCUT2D eigenvalue weighted by Gasteiger charge is -2.11. The Bertz CT molecular complexity index is 585. The molecular formula is C14H11Cl2F2N. The number of aromatic nitrogens is 1. The summed E-state index contributed by atoms with van der Waals surface area (Å²) in [6.45, 7) is 1.92. The van der Waals surface area contributed by atoms with E-state index >= 15 is 0 Å². The molecule has 1 aromatic heterocycles. The van der Waals surface area contributed by atoms with Crippen LogP contribution in [-0.2, 0) is 6.42 Å². The van der Waals surface area contributed by atoms with Gasteiger partial charge in [0.2, 0.25) is 0 Å². The molecule has 0 aliphatic rings. The van der Waals surface area contributed by atoms with Crippen LogP contribution in [-0.4, -0.2) is 4.98 Å². The lowest BCUT2D eigenvalue weighted by molar-refractivity contribution is 0.581. The molecule has 0 saturated heterocycles. The van der Waals surface area contributed by atoms with Gasteiger partial charge < -0.3 is 0 Å². The molecule has 0 N–H and O–H groups in total. The minimum absolute atomic E-state index is 0.0888. The van der Waals surface area contributed by atoms with Gasteiger partial charge in [-0.15, -0.1) is 11.6 Å². The van der Waals surface area contributed by atoms with Crippen LogP contribution in [0.4, 0.5) is 8.78 Å². The molecule has 0 bridgehead atoms. The number of hydrogen-bond acceptors (Lipinski definition) is 1. The first-order valence-corrected chi connectivity index (χ1v) is 6.49. The van der Waals surface area contributed by atoms with Crippen molar-refractivity contribution in [1.82, 2.24) is 4.98 Å². The number of rotatable bonds is 3. The number of aryl methyl sites for hydroxylation is 1. The molecule has 0 amide bonds. The van der Waals surface area contributed by atoms with Crippen molar-refractivity contribution in [3.8, 4) is 0 Å². The monoisotopic (exact) mass is 301 g/mol. The second-order valence-corrected chi connectivity index (χ2v) is 5.22. The molecule has 1 heterocycles. The van der Waals surface area contributed by atoms with Crippen LogP contribution in [0.1, 0.15) is 22.2 Å². The molecule has 19 heavy (non-hydrogen) atoms. The van der Waals surface area contributed by atoms with Gasteiger partial charge in [-0.25, -0.2) is 8.78 Å². The Morgan fingerprint density at radius 3 is 2.58 bits per heavy atom. The van der Waals surface area contributed by atoms with Crippen LogP contribution >= 0.6 is 23.2 Å². The molecule has 0 saturated carbocycles. The van der Waals surface area contributed by atoms with Crippen LogP contribution in [0.5, 0.6) is 0 Å². The van der Waals surface area contributed by atoms with Gasteiger partial charge >= 0.3 is 0 Å². The molecule has 0 aliphatic heterocycles. The third-order valence-corrected chi connectivity index (χ3v) is 3.42. The summed E-state index contributed by atoms with van der Waals surface area (Å²) >= 11 is 11.6. The summed E-state index contributed by atoms with van der Waals surface area (Å²) in [6.07, 6.45) is 2.03. The van der Waals surface area contributed by atoms with Crippen molar-refractivity contribution in [3.63, 3.8) is 0 Å². The van der Waals surface area contributed by atoms with E-state index < -0.39 is 17.0 Å². The van der Waals surface area contributed by atoms with Crippen molar-refractivity contribution < 1.29 is 8.78 Å². The first kappa shape index (κ1) is 14.2. The molecule has 0 radical (unpaired) electrons. The van der Waals surface area contributed by atoms with Crippen molar-refractivity contribution in [1.29, 1.82) is 0 Å². The fraction of sp³-hybridized carbons (Fsp3) is 0.214. The van der Waals surface area contributed by atoms with Gasteiger partial charge in [-0.2, -0.15) is 0 Å². The van der Waals surface area contributed by atoms with Gasteiger partial charge in [0.1, 0.15) is 11.6 Å². The van der Waals surface area contributed by atoms with Gasteiger partial charge in [-0.05, 0) is 30.7 Å². The molecule has 0 fully saturated rings. The van der Waals surface area contributed by atoms with Crippen molar-refractivity contribution in [2.75, 3.05) is 0 Å². The Hall–Kier alpha value is -1.19. The molecule has 1 atom stereocenters. The van der Waals surface area contributed by atoms with Crippen LogP contribution in [0, 0.1) is 18.6 Å². The van der Waals surface area contributed by atoms with Crippen LogP contribution in [0.3, 0.4) is 0 Å². The number of halogens is 4. The summed E-state index contributed by atoms with van der Waals surface area (Å²) in [6, 6.07) is 5.67. The van der Waals surface area contributed by atoms with Gasteiger partial charge in [-0.3, -0.25) is 4.98 Å². The Labute approximate surface area is 120 Å². The van der Waals surface area contributed by atoms with Crippen LogP contribution in [0.15, 0.2) is 30.5 Å². The zero-order chi connectivity index (χ0) is 14.0. The lowest BCUT2D eigenvalue weighted by atomic mass is 10.1. The minimum Gasteiger partial charge on any atom is -0.261 e. The van der Waals surface area contributed by atoms with E-state index in [9.17, 15) is 8.78 Å². The van der Waals surface area contributed by atoms with Crippen molar-refractivity contribution in [2.45, 2.75) is 18.7 Å². The van der Waals surface area contributed by atoms with E-state index in [4.69, 9.17) is 23.2 Å². The molecule has 0 spiro atoms. The zero-order valence-electron chi connectivity index (χ0n) is 10.1. The third-order valence-electron chi connectivity index (χ3n) is 2.74. The molecular weight excluding hydrogens is 291 g/mol. The molecule has 1 unspecified atom stereocenters. The highest BCUT2D eigenvalue weighted by atomic mass is 35.5. The summed E-state index contributed by atoms with van der Waals surface area (Å²) in [5, 5.41) is -0.944. The maximum absolute atomic E-state index is 13.7. The number of alkyl halides is 1. The molecule has 1 aromatic carbocycles. The van der Waals surface area contributed by atoms with Crippen LogP contribution < -0.4 is 0 Å². The highest BCUT2D eigenvalue weighted by Gasteiger charge is 2.17. The smallest absolute Gasteiger partial charge is 0.142 e. The SMILES string of the molecule is Cc1ccc(CC(Cl)c2cc(F)c(Cl)cc2F)nc1. The van der Waals surface area contributed by atoms with E-state index in [1.165, 1.54) is 0 Å². The summed E-state index contributed by atoms with van der Waals surface area (Å²) in [5.74, 6) is -1.29. The summed E-state index contributed by atoms with van der Waals surface area (Å²) in [5.41, 5.74) is 1.84. The van der Waals surface area contributed by atoms with Gasteiger partial charge in [0, 0.05) is 23.9 Å². The third kappa shape index (κ3) is 3.43. The minimum atomic E-state index is -0.693. The number of benzene rings is 1. The summed E-state index contributed by atoms with van der Waals surface area (Å²) in [4.78, 5) is 4.19. The largest absolute Gasteiger partial charge is 0.261 e. The van der Waals surface area contributed by atoms with E-state index in [0.717, 1.165) is 23.4 Å². The van der Waals surface area contributed by atoms with Crippen molar-refractivity contribution in [3.05, 3.63) is 63.9 Å². The van der Waals surface area contributed by atoms with Crippen LogP contribution in [0.2, 0.25) is 5.02 Å². The second-order valence-electron chi connectivity index (χ2n) is 4.29. The Kier molecular flexibility index (Phi) is 4.38. The number of pyridine rings is 1. The predicted octanol–water partition coefficient (Wildman–Crippen LogP) is 4.84. The van der Waals surface area contributed by atoms with E-state index in [2.05, 4.69) is 4.98 Å². The first-order chi connectivity index (χ1) is 8.97. The first-order valence-electron chi connectivity index (χ1n) is 5.67. The topological polar surface area (TPSA) is 12.9 Å². The Morgan fingerprint density at radius 1 is 1.21 bits per heavy atom.